The molecule has 2 heterocycles. The molecule has 2 aliphatic heterocycles. The predicted molar refractivity (Wildman–Crippen MR) is 75.7 cm³/mol. The molecular formula is C13H30N4O. The molecule has 0 unspecified atom stereocenters. The number of rotatable bonds is 3. The minimum atomic E-state index is 0.292. The Hall–Kier alpha value is -0.200. The van der Waals surface area contributed by atoms with E-state index in [1.165, 1.54) is 25.9 Å². The predicted octanol–water partition coefficient (Wildman–Crippen LogP) is -0.829. The molecule has 0 aromatic rings. The molecular weight excluding hydrogens is 228 g/mol. The largest absolute Gasteiger partial charge is 0.395 e. The van der Waals surface area contributed by atoms with Gasteiger partial charge in [0, 0.05) is 32.7 Å². The maximum absolute atomic E-state index is 8.56. The van der Waals surface area contributed by atoms with Gasteiger partial charge in [0.25, 0.3) is 0 Å². The van der Waals surface area contributed by atoms with Crippen molar-refractivity contribution in [3.8, 4) is 0 Å². The Morgan fingerprint density at radius 1 is 1.17 bits per heavy atom. The first-order valence-electron chi connectivity index (χ1n) is 7.18. The van der Waals surface area contributed by atoms with Crippen LogP contribution in [0.15, 0.2) is 0 Å². The first-order valence-corrected chi connectivity index (χ1v) is 7.18. The van der Waals surface area contributed by atoms with E-state index in [4.69, 9.17) is 10.8 Å². The molecule has 0 aromatic carbocycles. The molecule has 0 radical (unpaired) electrons. The molecule has 0 spiro atoms. The van der Waals surface area contributed by atoms with E-state index in [0.29, 0.717) is 6.61 Å². The molecule has 0 aliphatic carbocycles. The molecule has 0 bridgehead atoms. The summed E-state index contributed by atoms with van der Waals surface area (Å²) in [6.07, 6.45) is 2.60. The molecule has 2 aliphatic rings. The molecule has 5 heteroatoms. The molecule has 0 aromatic heterocycles. The Morgan fingerprint density at radius 2 is 1.78 bits per heavy atom. The zero-order valence-electron chi connectivity index (χ0n) is 11.8. The summed E-state index contributed by atoms with van der Waals surface area (Å²) in [6, 6.07) is 0. The van der Waals surface area contributed by atoms with E-state index in [2.05, 4.69) is 22.2 Å². The van der Waals surface area contributed by atoms with E-state index in [0.717, 1.165) is 45.2 Å². The van der Waals surface area contributed by atoms with Gasteiger partial charge in [-0.1, -0.05) is 0 Å². The number of nitrogens with zero attached hydrogens (tertiary/aromatic N) is 2. The third-order valence-corrected chi connectivity index (χ3v) is 3.80. The number of nitrogens with one attached hydrogen (secondary N) is 1. The zero-order chi connectivity index (χ0) is 13.2. The van der Waals surface area contributed by atoms with Crippen molar-refractivity contribution in [1.29, 1.82) is 0 Å². The second kappa shape index (κ2) is 9.69. The van der Waals surface area contributed by atoms with Crippen molar-refractivity contribution in [1.82, 2.24) is 15.1 Å². The third-order valence-electron chi connectivity index (χ3n) is 3.80. The van der Waals surface area contributed by atoms with Gasteiger partial charge in [0.1, 0.15) is 0 Å². The van der Waals surface area contributed by atoms with Crippen LogP contribution in [0.25, 0.3) is 0 Å². The highest BCUT2D eigenvalue weighted by molar-refractivity contribution is 4.69. The lowest BCUT2D eigenvalue weighted by molar-refractivity contribution is 0.180. The summed E-state index contributed by atoms with van der Waals surface area (Å²) in [6.45, 7) is 8.79. The summed E-state index contributed by atoms with van der Waals surface area (Å²) in [4.78, 5) is 4.63. The van der Waals surface area contributed by atoms with Gasteiger partial charge in [-0.05, 0) is 45.4 Å². The van der Waals surface area contributed by atoms with Crippen molar-refractivity contribution in [3.63, 3.8) is 0 Å². The molecule has 0 amide bonds. The van der Waals surface area contributed by atoms with Crippen molar-refractivity contribution < 1.29 is 5.11 Å². The van der Waals surface area contributed by atoms with E-state index in [-0.39, 0.29) is 0 Å². The maximum Gasteiger partial charge on any atom is 0.0558 e. The van der Waals surface area contributed by atoms with Gasteiger partial charge < -0.3 is 21.1 Å². The summed E-state index contributed by atoms with van der Waals surface area (Å²) < 4.78 is 0. The van der Waals surface area contributed by atoms with E-state index in [1.54, 1.807) is 0 Å². The Bertz CT molecular complexity index is 187. The molecule has 0 saturated carbocycles. The van der Waals surface area contributed by atoms with Gasteiger partial charge in [-0.3, -0.25) is 4.90 Å². The van der Waals surface area contributed by atoms with Crippen LogP contribution in [0.3, 0.4) is 0 Å². The van der Waals surface area contributed by atoms with Crippen LogP contribution in [0, 0.1) is 5.92 Å². The number of hydrogen-bond acceptors (Lipinski definition) is 5. The van der Waals surface area contributed by atoms with Crippen molar-refractivity contribution in [2.45, 2.75) is 12.8 Å². The van der Waals surface area contributed by atoms with Crippen LogP contribution in [0.4, 0.5) is 0 Å². The minimum Gasteiger partial charge on any atom is -0.395 e. The Balaban J connectivity index is 0.000000180. The fraction of sp³-hybridized carbons (Fsp3) is 1.00. The lowest BCUT2D eigenvalue weighted by atomic mass is 9.98. The monoisotopic (exact) mass is 258 g/mol. The number of piperidine rings is 1. The SMILES string of the molecule is CN1CCC(CN)CC1.OCCN1CCNCC1. The highest BCUT2D eigenvalue weighted by atomic mass is 16.3. The first-order chi connectivity index (χ1) is 8.76. The molecule has 108 valence electrons. The standard InChI is InChI=1S/C7H16N2.C6H14N2O/c1-9-4-2-7(6-8)3-5-9;9-6-5-8-3-1-7-2-4-8/h7H,2-6,8H2,1H3;7,9H,1-6H2. The van der Waals surface area contributed by atoms with Crippen molar-refractivity contribution >= 4 is 0 Å². The number of aliphatic hydroxyl groups is 1. The number of piperazine rings is 1. The van der Waals surface area contributed by atoms with Crippen LogP contribution in [0.5, 0.6) is 0 Å². The van der Waals surface area contributed by atoms with E-state index < -0.39 is 0 Å². The van der Waals surface area contributed by atoms with Crippen LogP contribution in [0.2, 0.25) is 0 Å². The molecule has 4 N–H and O–H groups in total. The third kappa shape index (κ3) is 6.66. The number of nitrogens with two attached hydrogens (primary N) is 1. The van der Waals surface area contributed by atoms with Crippen LogP contribution in [-0.4, -0.2) is 80.9 Å². The van der Waals surface area contributed by atoms with E-state index in [9.17, 15) is 0 Å². The Morgan fingerprint density at radius 3 is 2.28 bits per heavy atom. The van der Waals surface area contributed by atoms with Crippen LogP contribution in [-0.2, 0) is 0 Å². The summed E-state index contributed by atoms with van der Waals surface area (Å²) >= 11 is 0. The second-order valence-electron chi connectivity index (χ2n) is 5.30. The topological polar surface area (TPSA) is 64.8 Å². The number of likely N-dealkylation sites (tertiary alicyclic amines) is 1. The summed E-state index contributed by atoms with van der Waals surface area (Å²) in [5.41, 5.74) is 5.53. The van der Waals surface area contributed by atoms with Gasteiger partial charge in [0.05, 0.1) is 6.61 Å². The minimum absolute atomic E-state index is 0.292. The van der Waals surface area contributed by atoms with Crippen molar-refractivity contribution in [2.24, 2.45) is 11.7 Å². The van der Waals surface area contributed by atoms with Crippen LogP contribution < -0.4 is 11.1 Å². The smallest absolute Gasteiger partial charge is 0.0558 e. The fourth-order valence-corrected chi connectivity index (χ4v) is 2.37. The van der Waals surface area contributed by atoms with Gasteiger partial charge in [-0.2, -0.15) is 0 Å². The average Bonchev–Trinajstić information content (AvgIpc) is 2.42. The fourth-order valence-electron chi connectivity index (χ4n) is 2.37. The zero-order valence-corrected chi connectivity index (χ0v) is 11.8. The van der Waals surface area contributed by atoms with Crippen molar-refractivity contribution in [3.05, 3.63) is 0 Å². The first kappa shape index (κ1) is 15.9. The normalized spacial score (nSPS) is 23.5. The summed E-state index contributed by atoms with van der Waals surface area (Å²) in [5.74, 6) is 0.807. The van der Waals surface area contributed by atoms with E-state index >= 15 is 0 Å². The molecule has 2 fully saturated rings. The molecule has 0 atom stereocenters. The maximum atomic E-state index is 8.56. The quantitative estimate of drug-likeness (QED) is 0.617. The van der Waals surface area contributed by atoms with Crippen molar-refractivity contribution in [2.75, 3.05) is 66.0 Å². The Kier molecular flexibility index (Phi) is 8.54. The van der Waals surface area contributed by atoms with Gasteiger partial charge in [-0.15, -0.1) is 0 Å². The summed E-state index contributed by atoms with van der Waals surface area (Å²) in [7, 11) is 2.17. The van der Waals surface area contributed by atoms with Gasteiger partial charge in [0.15, 0.2) is 0 Å². The lowest BCUT2D eigenvalue weighted by Gasteiger charge is -2.27. The molecule has 5 nitrogen and oxygen atoms in total. The Labute approximate surface area is 111 Å². The van der Waals surface area contributed by atoms with Gasteiger partial charge in [-0.25, -0.2) is 0 Å². The highest BCUT2D eigenvalue weighted by Crippen LogP contribution is 2.13. The van der Waals surface area contributed by atoms with Crippen LogP contribution >= 0.6 is 0 Å². The second-order valence-corrected chi connectivity index (χ2v) is 5.30. The highest BCUT2D eigenvalue weighted by Gasteiger charge is 2.13. The molecule has 2 rings (SSSR count). The van der Waals surface area contributed by atoms with Gasteiger partial charge >= 0.3 is 0 Å². The van der Waals surface area contributed by atoms with Gasteiger partial charge in [0.2, 0.25) is 0 Å². The molecule has 18 heavy (non-hydrogen) atoms. The van der Waals surface area contributed by atoms with E-state index in [1.807, 2.05) is 0 Å². The van der Waals surface area contributed by atoms with Crippen LogP contribution in [0.1, 0.15) is 12.8 Å². The molecule has 2 saturated heterocycles. The summed E-state index contributed by atoms with van der Waals surface area (Å²) in [5, 5.41) is 11.8. The number of hydrogen-bond donors (Lipinski definition) is 3. The average molecular weight is 258 g/mol. The number of β-amino-alcohol motifs (C(OH)–C–C–N with tert-alkyl or cyclic N) is 1. The number of aliphatic hydroxyl groups excluding tert-OH is 1. The lowest BCUT2D eigenvalue weighted by Crippen LogP contribution is -2.44.